The maximum Gasteiger partial charge on any atom is 0.272 e. The molecule has 122 valence electrons. The van der Waals surface area contributed by atoms with Crippen molar-refractivity contribution in [3.63, 3.8) is 0 Å². The molecular weight excluding hydrogens is 304 g/mol. The van der Waals surface area contributed by atoms with Crippen LogP contribution in [0.25, 0.3) is 11.0 Å². The molecule has 1 saturated carbocycles. The fourth-order valence-electron chi connectivity index (χ4n) is 3.11. The average Bonchev–Trinajstić information content (AvgIpc) is 3.33. The molecule has 3 aromatic rings. The van der Waals surface area contributed by atoms with Gasteiger partial charge in [-0.3, -0.25) is 10.1 Å². The van der Waals surface area contributed by atoms with E-state index in [4.69, 9.17) is 4.98 Å². The number of hydrogen-bond donors (Lipinski definition) is 1. The van der Waals surface area contributed by atoms with Gasteiger partial charge in [0.15, 0.2) is 0 Å². The van der Waals surface area contributed by atoms with Gasteiger partial charge in [-0.2, -0.15) is 0 Å². The first-order valence-electron chi connectivity index (χ1n) is 8.08. The average molecular weight is 322 g/mol. The molecule has 4 rings (SSSR count). The van der Waals surface area contributed by atoms with Crippen molar-refractivity contribution in [2.75, 3.05) is 5.32 Å². The number of nitrogens with one attached hydrogen (secondary N) is 1. The summed E-state index contributed by atoms with van der Waals surface area (Å²) in [6.07, 6.45) is 2.40. The van der Waals surface area contributed by atoms with E-state index in [1.54, 1.807) is 19.1 Å². The number of anilines is 1. The number of hydrogen-bond acceptors (Lipinski definition) is 4. The Morgan fingerprint density at radius 3 is 2.79 bits per heavy atom. The molecule has 24 heavy (non-hydrogen) atoms. The van der Waals surface area contributed by atoms with Crippen LogP contribution in [0.5, 0.6) is 0 Å². The number of para-hydroxylation sites is 2. The summed E-state index contributed by atoms with van der Waals surface area (Å²) in [7, 11) is 0. The predicted octanol–water partition coefficient (Wildman–Crippen LogP) is 4.20. The summed E-state index contributed by atoms with van der Waals surface area (Å²) in [5.41, 5.74) is 3.86. The van der Waals surface area contributed by atoms with Crippen LogP contribution < -0.4 is 5.32 Å². The van der Waals surface area contributed by atoms with Crippen LogP contribution in [0.3, 0.4) is 0 Å². The molecule has 0 bridgehead atoms. The number of nitro groups is 1. The molecule has 6 heteroatoms. The topological polar surface area (TPSA) is 73.0 Å². The Hall–Kier alpha value is -2.89. The molecule has 1 fully saturated rings. The Kier molecular flexibility index (Phi) is 3.45. The molecule has 1 heterocycles. The van der Waals surface area contributed by atoms with Gasteiger partial charge in [0.1, 0.15) is 5.82 Å². The summed E-state index contributed by atoms with van der Waals surface area (Å²) in [5.74, 6) is 1.01. The van der Waals surface area contributed by atoms with Gasteiger partial charge in [0.05, 0.1) is 22.5 Å². The maximum absolute atomic E-state index is 10.9. The zero-order valence-corrected chi connectivity index (χ0v) is 13.4. The number of aromatic nitrogens is 2. The summed E-state index contributed by atoms with van der Waals surface area (Å²) in [6, 6.07) is 13.8. The van der Waals surface area contributed by atoms with Gasteiger partial charge < -0.3 is 9.88 Å². The van der Waals surface area contributed by atoms with E-state index in [2.05, 4.69) is 16.0 Å². The van der Waals surface area contributed by atoms with Gasteiger partial charge in [0.25, 0.3) is 5.69 Å². The van der Waals surface area contributed by atoms with Crippen molar-refractivity contribution in [3.8, 4) is 0 Å². The van der Waals surface area contributed by atoms with Gasteiger partial charge in [-0.1, -0.05) is 12.1 Å². The number of aryl methyl sites for hydroxylation is 1. The molecule has 2 aromatic carbocycles. The molecule has 1 N–H and O–H groups in total. The Morgan fingerprint density at radius 1 is 1.29 bits per heavy atom. The van der Waals surface area contributed by atoms with Crippen LogP contribution in [-0.2, 0) is 6.54 Å². The van der Waals surface area contributed by atoms with Gasteiger partial charge in [-0.05, 0) is 44.0 Å². The molecule has 1 aliphatic rings. The lowest BCUT2D eigenvalue weighted by Crippen LogP contribution is -2.08. The van der Waals surface area contributed by atoms with Crippen LogP contribution in [0.15, 0.2) is 42.5 Å². The summed E-state index contributed by atoms with van der Waals surface area (Å²) < 4.78 is 2.32. The first-order chi connectivity index (χ1) is 11.6. The van der Waals surface area contributed by atoms with Gasteiger partial charge in [-0.15, -0.1) is 0 Å². The smallest absolute Gasteiger partial charge is 0.272 e. The van der Waals surface area contributed by atoms with Gasteiger partial charge in [-0.25, -0.2) is 4.98 Å². The molecule has 0 spiro atoms. The van der Waals surface area contributed by atoms with E-state index in [1.165, 1.54) is 18.4 Å². The lowest BCUT2D eigenvalue weighted by Gasteiger charge is -2.10. The Balaban J connectivity index is 1.60. The van der Waals surface area contributed by atoms with Crippen molar-refractivity contribution >= 4 is 22.4 Å². The van der Waals surface area contributed by atoms with Crippen molar-refractivity contribution < 1.29 is 4.92 Å². The maximum atomic E-state index is 10.9. The van der Waals surface area contributed by atoms with Crippen molar-refractivity contribution in [1.29, 1.82) is 0 Å². The second kappa shape index (κ2) is 5.63. The molecule has 0 amide bonds. The predicted molar refractivity (Wildman–Crippen MR) is 93.2 cm³/mol. The highest BCUT2D eigenvalue weighted by Crippen LogP contribution is 2.38. The Morgan fingerprint density at radius 2 is 2.08 bits per heavy atom. The number of nitro benzene ring substituents is 1. The molecule has 0 radical (unpaired) electrons. The van der Waals surface area contributed by atoms with E-state index in [1.807, 2.05) is 24.3 Å². The number of nitrogens with zero attached hydrogens (tertiary/aromatic N) is 3. The zero-order chi connectivity index (χ0) is 16.7. The molecular formula is C18H18N4O2. The highest BCUT2D eigenvalue weighted by molar-refractivity contribution is 5.76. The largest absolute Gasteiger partial charge is 0.378 e. The third-order valence-corrected chi connectivity index (χ3v) is 4.42. The first kappa shape index (κ1) is 14.7. The van der Waals surface area contributed by atoms with Gasteiger partial charge >= 0.3 is 0 Å². The fourth-order valence-corrected chi connectivity index (χ4v) is 3.11. The highest BCUT2D eigenvalue weighted by Gasteiger charge is 2.27. The van der Waals surface area contributed by atoms with Gasteiger partial charge in [0, 0.05) is 23.4 Å². The summed E-state index contributed by atoms with van der Waals surface area (Å²) in [5, 5.41) is 14.3. The van der Waals surface area contributed by atoms with E-state index >= 15 is 0 Å². The van der Waals surface area contributed by atoms with Crippen molar-refractivity contribution in [2.24, 2.45) is 0 Å². The highest BCUT2D eigenvalue weighted by atomic mass is 16.6. The van der Waals surface area contributed by atoms with E-state index in [9.17, 15) is 10.1 Å². The normalized spacial score (nSPS) is 14.0. The number of fused-ring (bicyclic) bond motifs is 1. The summed E-state index contributed by atoms with van der Waals surface area (Å²) in [4.78, 5) is 15.3. The Bertz CT molecular complexity index is 928. The number of imidazole rings is 1. The second-order valence-electron chi connectivity index (χ2n) is 6.23. The number of rotatable bonds is 5. The molecule has 0 atom stereocenters. The van der Waals surface area contributed by atoms with Crippen molar-refractivity contribution in [3.05, 3.63) is 64.0 Å². The summed E-state index contributed by atoms with van der Waals surface area (Å²) in [6.45, 7) is 2.35. The molecule has 6 nitrogen and oxygen atoms in total. The van der Waals surface area contributed by atoms with Crippen LogP contribution >= 0.6 is 0 Å². The monoisotopic (exact) mass is 322 g/mol. The zero-order valence-electron chi connectivity index (χ0n) is 13.4. The molecule has 0 unspecified atom stereocenters. The minimum Gasteiger partial charge on any atom is -0.378 e. The van der Waals surface area contributed by atoms with Gasteiger partial charge in [0.2, 0.25) is 0 Å². The van der Waals surface area contributed by atoms with Crippen LogP contribution in [0.4, 0.5) is 11.4 Å². The van der Waals surface area contributed by atoms with Crippen molar-refractivity contribution in [1.82, 2.24) is 9.55 Å². The van der Waals surface area contributed by atoms with Crippen LogP contribution in [0.1, 0.15) is 30.3 Å². The first-order valence-corrected chi connectivity index (χ1v) is 8.08. The van der Waals surface area contributed by atoms with E-state index in [0.29, 0.717) is 18.2 Å². The lowest BCUT2D eigenvalue weighted by molar-refractivity contribution is -0.385. The minimum absolute atomic E-state index is 0.144. The van der Waals surface area contributed by atoms with Crippen LogP contribution in [0, 0.1) is 17.0 Å². The lowest BCUT2D eigenvalue weighted by atomic mass is 10.2. The van der Waals surface area contributed by atoms with E-state index < -0.39 is 0 Å². The van der Waals surface area contributed by atoms with E-state index in [0.717, 1.165) is 17.0 Å². The third kappa shape index (κ3) is 2.60. The molecule has 1 aromatic heterocycles. The fraction of sp³-hybridized carbons (Fsp3) is 0.278. The third-order valence-electron chi connectivity index (χ3n) is 4.42. The minimum atomic E-state index is -0.356. The molecule has 1 aliphatic carbocycles. The SMILES string of the molecule is Cc1cc(NCc2nc3ccccc3n2C2CC2)ccc1[N+](=O)[O-]. The number of benzene rings is 2. The summed E-state index contributed by atoms with van der Waals surface area (Å²) >= 11 is 0. The van der Waals surface area contributed by atoms with Crippen LogP contribution in [0.2, 0.25) is 0 Å². The van der Waals surface area contributed by atoms with E-state index in [-0.39, 0.29) is 10.6 Å². The molecule has 0 saturated heterocycles. The standard InChI is InChI=1S/C18H18N4O2/c1-12-10-13(6-9-16(12)22(23)24)19-11-18-20-15-4-2-3-5-17(15)21(18)14-7-8-14/h2-6,9-10,14,19H,7-8,11H2,1H3. The Labute approximate surface area is 139 Å². The second-order valence-corrected chi connectivity index (χ2v) is 6.23. The van der Waals surface area contributed by atoms with Crippen LogP contribution in [-0.4, -0.2) is 14.5 Å². The quantitative estimate of drug-likeness (QED) is 0.564. The molecule has 0 aliphatic heterocycles. The van der Waals surface area contributed by atoms with Crippen molar-refractivity contribution in [2.45, 2.75) is 32.4 Å².